The van der Waals surface area contributed by atoms with Crippen LogP contribution in [0.4, 0.5) is 4.39 Å². The molecule has 3 aromatic rings. The van der Waals surface area contributed by atoms with Crippen LogP contribution in [0.15, 0.2) is 30.5 Å². The molecule has 3 rings (SSSR count). The van der Waals surface area contributed by atoms with Crippen molar-refractivity contribution in [2.45, 2.75) is 13.5 Å². The number of hydrogen-bond acceptors (Lipinski definition) is 3. The number of nitrogens with one attached hydrogen (secondary N) is 1. The lowest BCUT2D eigenvalue weighted by molar-refractivity contribution is 0.628. The van der Waals surface area contributed by atoms with Gasteiger partial charge in [0.2, 0.25) is 0 Å². The van der Waals surface area contributed by atoms with Gasteiger partial charge in [0, 0.05) is 23.7 Å². The molecule has 5 heteroatoms. The lowest BCUT2D eigenvalue weighted by atomic mass is 10.1. The van der Waals surface area contributed by atoms with E-state index in [9.17, 15) is 4.39 Å². The molecule has 0 aliphatic heterocycles. The molecule has 1 aromatic carbocycles. The number of nitrogens with two attached hydrogens (primary N) is 1. The van der Waals surface area contributed by atoms with Gasteiger partial charge in [-0.2, -0.15) is 0 Å². The van der Waals surface area contributed by atoms with Gasteiger partial charge in [-0.1, -0.05) is 0 Å². The molecule has 0 saturated carbocycles. The monoisotopic (exact) mass is 256 g/mol. The summed E-state index contributed by atoms with van der Waals surface area (Å²) in [5.41, 5.74) is 9.08. The van der Waals surface area contributed by atoms with E-state index in [0.717, 1.165) is 27.9 Å². The highest BCUT2D eigenvalue weighted by Gasteiger charge is 2.13. The Morgan fingerprint density at radius 2 is 1.95 bits per heavy atom. The van der Waals surface area contributed by atoms with Crippen molar-refractivity contribution in [1.29, 1.82) is 0 Å². The zero-order chi connectivity index (χ0) is 13.4. The van der Waals surface area contributed by atoms with Crippen molar-refractivity contribution in [2.24, 2.45) is 5.73 Å². The Morgan fingerprint density at radius 3 is 2.63 bits per heavy atom. The SMILES string of the molecule is Cc1nc(-c2ccc(F)cc2)c2c(CN)c[nH]c2n1. The van der Waals surface area contributed by atoms with Crippen LogP contribution in [0, 0.1) is 12.7 Å². The van der Waals surface area contributed by atoms with Crippen molar-refractivity contribution in [1.82, 2.24) is 15.0 Å². The standard InChI is InChI=1S/C14H13FN4/c1-8-18-13(9-2-4-11(15)5-3-9)12-10(6-16)7-17-14(12)19-8/h2-5,7H,6,16H2,1H3,(H,17,18,19). The number of halogens is 1. The highest BCUT2D eigenvalue weighted by Crippen LogP contribution is 2.28. The molecule has 96 valence electrons. The van der Waals surface area contributed by atoms with E-state index in [1.165, 1.54) is 12.1 Å². The molecule has 0 spiro atoms. The van der Waals surface area contributed by atoms with Gasteiger partial charge in [-0.15, -0.1) is 0 Å². The van der Waals surface area contributed by atoms with E-state index in [-0.39, 0.29) is 5.82 Å². The predicted molar refractivity (Wildman–Crippen MR) is 71.9 cm³/mol. The number of aryl methyl sites for hydroxylation is 1. The first-order valence-electron chi connectivity index (χ1n) is 5.99. The van der Waals surface area contributed by atoms with Gasteiger partial charge in [0.25, 0.3) is 0 Å². The second-order valence-electron chi connectivity index (χ2n) is 4.37. The van der Waals surface area contributed by atoms with E-state index in [4.69, 9.17) is 5.73 Å². The minimum Gasteiger partial charge on any atom is -0.346 e. The zero-order valence-corrected chi connectivity index (χ0v) is 10.4. The van der Waals surface area contributed by atoms with Crippen molar-refractivity contribution in [3.63, 3.8) is 0 Å². The topological polar surface area (TPSA) is 67.6 Å². The van der Waals surface area contributed by atoms with E-state index in [1.54, 1.807) is 12.1 Å². The number of aromatic amines is 1. The second-order valence-corrected chi connectivity index (χ2v) is 4.37. The van der Waals surface area contributed by atoms with E-state index >= 15 is 0 Å². The number of nitrogens with zero attached hydrogens (tertiary/aromatic N) is 2. The minimum atomic E-state index is -0.265. The molecule has 0 atom stereocenters. The van der Waals surface area contributed by atoms with Crippen LogP contribution < -0.4 is 5.73 Å². The van der Waals surface area contributed by atoms with Gasteiger partial charge in [0.05, 0.1) is 5.69 Å². The summed E-state index contributed by atoms with van der Waals surface area (Å²) in [6.07, 6.45) is 1.84. The molecule has 0 aliphatic rings. The Morgan fingerprint density at radius 1 is 1.21 bits per heavy atom. The molecule has 0 bridgehead atoms. The Bertz CT molecular complexity index is 731. The Hall–Kier alpha value is -2.27. The molecule has 0 amide bonds. The Balaban J connectivity index is 2.32. The molecule has 0 saturated heterocycles. The van der Waals surface area contributed by atoms with Crippen molar-refractivity contribution >= 4 is 11.0 Å². The van der Waals surface area contributed by atoms with Crippen LogP contribution in [0.1, 0.15) is 11.4 Å². The number of aromatic nitrogens is 3. The first kappa shape index (κ1) is 11.8. The van der Waals surface area contributed by atoms with Crippen LogP contribution >= 0.6 is 0 Å². The fraction of sp³-hybridized carbons (Fsp3) is 0.143. The highest BCUT2D eigenvalue weighted by atomic mass is 19.1. The molecular weight excluding hydrogens is 243 g/mol. The maximum absolute atomic E-state index is 13.0. The number of benzene rings is 1. The maximum Gasteiger partial charge on any atom is 0.141 e. The number of rotatable bonds is 2. The van der Waals surface area contributed by atoms with Crippen LogP contribution in [0.2, 0.25) is 0 Å². The normalized spacial score (nSPS) is 11.1. The molecule has 19 heavy (non-hydrogen) atoms. The third-order valence-corrected chi connectivity index (χ3v) is 3.06. The molecule has 3 N–H and O–H groups in total. The van der Waals surface area contributed by atoms with E-state index in [1.807, 2.05) is 13.1 Å². The molecule has 0 fully saturated rings. The summed E-state index contributed by atoms with van der Waals surface area (Å²) in [6, 6.07) is 6.27. The molecule has 0 unspecified atom stereocenters. The van der Waals surface area contributed by atoms with Crippen LogP contribution in [-0.4, -0.2) is 15.0 Å². The largest absolute Gasteiger partial charge is 0.346 e. The molecule has 0 radical (unpaired) electrons. The number of fused-ring (bicyclic) bond motifs is 1. The van der Waals surface area contributed by atoms with Gasteiger partial charge in [-0.3, -0.25) is 0 Å². The second kappa shape index (κ2) is 4.44. The van der Waals surface area contributed by atoms with Crippen molar-refractivity contribution < 1.29 is 4.39 Å². The van der Waals surface area contributed by atoms with Crippen molar-refractivity contribution in [3.8, 4) is 11.3 Å². The number of H-pyrrole nitrogens is 1. The van der Waals surface area contributed by atoms with E-state index in [2.05, 4.69) is 15.0 Å². The van der Waals surface area contributed by atoms with Crippen molar-refractivity contribution in [2.75, 3.05) is 0 Å². The van der Waals surface area contributed by atoms with Crippen molar-refractivity contribution in [3.05, 3.63) is 47.7 Å². The van der Waals surface area contributed by atoms with Crippen LogP contribution in [0.5, 0.6) is 0 Å². The third-order valence-electron chi connectivity index (χ3n) is 3.06. The summed E-state index contributed by atoms with van der Waals surface area (Å²) in [5, 5.41) is 0.903. The fourth-order valence-electron chi connectivity index (χ4n) is 2.19. The summed E-state index contributed by atoms with van der Waals surface area (Å²) in [7, 11) is 0. The molecular formula is C14H13FN4. The maximum atomic E-state index is 13.0. The minimum absolute atomic E-state index is 0.265. The molecule has 2 heterocycles. The summed E-state index contributed by atoms with van der Waals surface area (Å²) in [5.74, 6) is 0.399. The van der Waals surface area contributed by atoms with Gasteiger partial charge in [-0.05, 0) is 36.8 Å². The van der Waals surface area contributed by atoms with Crippen LogP contribution in [-0.2, 0) is 6.54 Å². The van der Waals surface area contributed by atoms with Gasteiger partial charge >= 0.3 is 0 Å². The highest BCUT2D eigenvalue weighted by molar-refractivity contribution is 5.93. The van der Waals surface area contributed by atoms with Crippen LogP contribution in [0.25, 0.3) is 22.3 Å². The lowest BCUT2D eigenvalue weighted by Crippen LogP contribution is -1.98. The van der Waals surface area contributed by atoms with Gasteiger partial charge in [0.15, 0.2) is 0 Å². The van der Waals surface area contributed by atoms with E-state index in [0.29, 0.717) is 12.4 Å². The first-order valence-corrected chi connectivity index (χ1v) is 5.99. The summed E-state index contributed by atoms with van der Waals surface area (Å²) in [6.45, 7) is 2.23. The predicted octanol–water partition coefficient (Wildman–Crippen LogP) is 2.53. The Kier molecular flexibility index (Phi) is 2.76. The molecule has 4 nitrogen and oxygen atoms in total. The summed E-state index contributed by atoms with van der Waals surface area (Å²) in [4.78, 5) is 11.9. The lowest BCUT2D eigenvalue weighted by Gasteiger charge is -2.06. The van der Waals surface area contributed by atoms with Gasteiger partial charge < -0.3 is 10.7 Å². The van der Waals surface area contributed by atoms with Gasteiger partial charge in [0.1, 0.15) is 17.3 Å². The quantitative estimate of drug-likeness (QED) is 0.740. The fourth-order valence-corrected chi connectivity index (χ4v) is 2.19. The summed E-state index contributed by atoms with van der Waals surface area (Å²) < 4.78 is 13.0. The van der Waals surface area contributed by atoms with E-state index < -0.39 is 0 Å². The Labute approximate surface area is 109 Å². The average molecular weight is 256 g/mol. The van der Waals surface area contributed by atoms with Gasteiger partial charge in [-0.25, -0.2) is 14.4 Å². The molecule has 0 aliphatic carbocycles. The van der Waals surface area contributed by atoms with Crippen LogP contribution in [0.3, 0.4) is 0 Å². The smallest absolute Gasteiger partial charge is 0.141 e. The average Bonchev–Trinajstić information content (AvgIpc) is 2.81. The summed E-state index contributed by atoms with van der Waals surface area (Å²) >= 11 is 0. The zero-order valence-electron chi connectivity index (χ0n) is 10.4. The third kappa shape index (κ3) is 1.98. The number of hydrogen-bond donors (Lipinski definition) is 2. The first-order chi connectivity index (χ1) is 9.19. The molecule has 2 aromatic heterocycles.